The molecule has 2 rings (SSSR count). The second kappa shape index (κ2) is 6.25. The Morgan fingerprint density at radius 3 is 2.40 bits per heavy atom. The fourth-order valence-corrected chi connectivity index (χ4v) is 2.00. The van der Waals surface area contributed by atoms with Crippen LogP contribution in [0.25, 0.3) is 0 Å². The summed E-state index contributed by atoms with van der Waals surface area (Å²) in [6.45, 7) is 1.61. The van der Waals surface area contributed by atoms with Crippen molar-refractivity contribution in [2.75, 3.05) is 0 Å². The summed E-state index contributed by atoms with van der Waals surface area (Å²) in [7, 11) is 0. The van der Waals surface area contributed by atoms with Gasteiger partial charge in [-0.2, -0.15) is 0 Å². The highest BCUT2D eigenvalue weighted by molar-refractivity contribution is 6.32. The van der Waals surface area contributed by atoms with Crippen molar-refractivity contribution in [3.8, 4) is 5.75 Å². The predicted molar refractivity (Wildman–Crippen MR) is 77.3 cm³/mol. The maximum absolute atomic E-state index is 12.9. The van der Waals surface area contributed by atoms with Crippen molar-refractivity contribution < 1.29 is 13.9 Å². The monoisotopic (exact) mass is 312 g/mol. The molecule has 0 radical (unpaired) electrons. The smallest absolute Gasteiger partial charge is 0.202 e. The number of Topliss-reactive ketones (excluding diaryl/α,β-unsaturated/α-hetero) is 1. The predicted octanol–water partition coefficient (Wildman–Crippen LogP) is 4.78. The van der Waals surface area contributed by atoms with E-state index in [1.807, 2.05) is 0 Å². The summed E-state index contributed by atoms with van der Waals surface area (Å²) in [4.78, 5) is 12.2. The zero-order valence-corrected chi connectivity index (χ0v) is 12.1. The summed E-state index contributed by atoms with van der Waals surface area (Å²) in [5.74, 6) is -0.399. The van der Waals surface area contributed by atoms with E-state index in [1.165, 1.54) is 12.1 Å². The molecule has 0 aliphatic heterocycles. The molecule has 1 atom stereocenters. The fourth-order valence-electron chi connectivity index (χ4n) is 1.66. The molecule has 0 fully saturated rings. The Morgan fingerprint density at radius 2 is 1.80 bits per heavy atom. The van der Waals surface area contributed by atoms with Crippen LogP contribution in [0.4, 0.5) is 4.39 Å². The lowest BCUT2D eigenvalue weighted by atomic mass is 10.1. The first-order chi connectivity index (χ1) is 9.47. The zero-order chi connectivity index (χ0) is 14.7. The van der Waals surface area contributed by atoms with Gasteiger partial charge >= 0.3 is 0 Å². The van der Waals surface area contributed by atoms with Crippen LogP contribution in [0.1, 0.15) is 17.3 Å². The third-order valence-electron chi connectivity index (χ3n) is 2.70. The molecular formula is C15H11Cl2FO2. The highest BCUT2D eigenvalue weighted by Crippen LogP contribution is 2.26. The number of ketones is 1. The molecule has 0 spiro atoms. The quantitative estimate of drug-likeness (QED) is 0.759. The Bertz CT molecular complexity index is 626. The van der Waals surface area contributed by atoms with Gasteiger partial charge in [0, 0.05) is 10.6 Å². The van der Waals surface area contributed by atoms with Gasteiger partial charge in [-0.25, -0.2) is 4.39 Å². The van der Waals surface area contributed by atoms with Crippen molar-refractivity contribution in [1.29, 1.82) is 0 Å². The Kier molecular flexibility index (Phi) is 4.63. The summed E-state index contributed by atoms with van der Waals surface area (Å²) < 4.78 is 18.4. The summed E-state index contributed by atoms with van der Waals surface area (Å²) in [5.41, 5.74) is 0.486. The van der Waals surface area contributed by atoms with Gasteiger partial charge in [-0.3, -0.25) is 4.79 Å². The van der Waals surface area contributed by atoms with Crippen LogP contribution < -0.4 is 4.74 Å². The standard InChI is InChI=1S/C15H11Cl2FO2/c1-9(15(19)10-2-4-11(16)5-3-10)20-14-7-6-12(18)8-13(14)17/h2-9H,1H3. The fraction of sp³-hybridized carbons (Fsp3) is 0.133. The molecule has 0 bridgehead atoms. The minimum atomic E-state index is -0.737. The molecule has 1 unspecified atom stereocenters. The molecule has 0 amide bonds. The molecule has 20 heavy (non-hydrogen) atoms. The molecule has 0 aliphatic carbocycles. The second-order valence-corrected chi connectivity index (χ2v) is 5.05. The van der Waals surface area contributed by atoms with Crippen LogP contribution in [0, 0.1) is 5.82 Å². The number of hydrogen-bond acceptors (Lipinski definition) is 2. The van der Waals surface area contributed by atoms with Gasteiger partial charge in [-0.1, -0.05) is 23.2 Å². The van der Waals surface area contributed by atoms with Gasteiger partial charge in [-0.05, 0) is 49.4 Å². The van der Waals surface area contributed by atoms with E-state index in [-0.39, 0.29) is 16.6 Å². The topological polar surface area (TPSA) is 26.3 Å². The molecule has 0 aliphatic rings. The van der Waals surface area contributed by atoms with Crippen LogP contribution in [0.2, 0.25) is 10.0 Å². The van der Waals surface area contributed by atoms with E-state index in [2.05, 4.69) is 0 Å². The maximum atomic E-state index is 12.9. The molecule has 2 nitrogen and oxygen atoms in total. The van der Waals surface area contributed by atoms with Gasteiger partial charge in [0.15, 0.2) is 6.10 Å². The Morgan fingerprint density at radius 1 is 1.15 bits per heavy atom. The second-order valence-electron chi connectivity index (χ2n) is 4.21. The molecule has 5 heteroatoms. The highest BCUT2D eigenvalue weighted by atomic mass is 35.5. The van der Waals surface area contributed by atoms with Crippen LogP contribution in [-0.2, 0) is 0 Å². The minimum Gasteiger partial charge on any atom is -0.481 e. The summed E-state index contributed by atoms with van der Waals surface area (Å²) in [6.07, 6.45) is -0.737. The number of carbonyl (C=O) groups excluding carboxylic acids is 1. The van der Waals surface area contributed by atoms with Crippen LogP contribution >= 0.6 is 23.2 Å². The number of halogens is 3. The van der Waals surface area contributed by atoms with E-state index in [4.69, 9.17) is 27.9 Å². The van der Waals surface area contributed by atoms with Crippen LogP contribution in [0.5, 0.6) is 5.75 Å². The highest BCUT2D eigenvalue weighted by Gasteiger charge is 2.18. The van der Waals surface area contributed by atoms with Crippen molar-refractivity contribution in [1.82, 2.24) is 0 Å². The maximum Gasteiger partial charge on any atom is 0.202 e. The molecule has 0 saturated carbocycles. The van der Waals surface area contributed by atoms with Gasteiger partial charge < -0.3 is 4.74 Å². The van der Waals surface area contributed by atoms with Crippen molar-refractivity contribution >= 4 is 29.0 Å². The lowest BCUT2D eigenvalue weighted by Crippen LogP contribution is -2.24. The lowest BCUT2D eigenvalue weighted by molar-refractivity contribution is 0.0818. The van der Waals surface area contributed by atoms with E-state index in [0.29, 0.717) is 10.6 Å². The number of rotatable bonds is 4. The Labute approximate surface area is 126 Å². The SMILES string of the molecule is CC(Oc1ccc(F)cc1Cl)C(=O)c1ccc(Cl)cc1. The zero-order valence-electron chi connectivity index (χ0n) is 10.6. The van der Waals surface area contributed by atoms with Gasteiger partial charge in [0.2, 0.25) is 5.78 Å². The Hall–Kier alpha value is -1.58. The summed E-state index contributed by atoms with van der Waals surface area (Å²) in [6, 6.07) is 10.3. The van der Waals surface area contributed by atoms with Crippen molar-refractivity contribution in [2.45, 2.75) is 13.0 Å². The number of carbonyl (C=O) groups is 1. The molecule has 0 N–H and O–H groups in total. The van der Waals surface area contributed by atoms with Crippen molar-refractivity contribution in [3.63, 3.8) is 0 Å². The van der Waals surface area contributed by atoms with E-state index in [1.54, 1.807) is 31.2 Å². The molecule has 0 heterocycles. The minimum absolute atomic E-state index is 0.126. The first-order valence-electron chi connectivity index (χ1n) is 5.89. The van der Waals surface area contributed by atoms with Gasteiger partial charge in [0.1, 0.15) is 11.6 Å². The van der Waals surface area contributed by atoms with Gasteiger partial charge in [0.25, 0.3) is 0 Å². The summed E-state index contributed by atoms with van der Waals surface area (Å²) >= 11 is 11.6. The van der Waals surface area contributed by atoms with Crippen LogP contribution in [0.3, 0.4) is 0 Å². The largest absolute Gasteiger partial charge is 0.481 e. The van der Waals surface area contributed by atoms with Crippen LogP contribution in [-0.4, -0.2) is 11.9 Å². The number of benzene rings is 2. The number of ether oxygens (including phenoxy) is 1. The van der Waals surface area contributed by atoms with Crippen molar-refractivity contribution in [3.05, 3.63) is 63.9 Å². The third kappa shape index (κ3) is 3.50. The molecule has 2 aromatic rings. The molecular weight excluding hydrogens is 302 g/mol. The molecule has 0 saturated heterocycles. The third-order valence-corrected chi connectivity index (χ3v) is 3.24. The Balaban J connectivity index is 2.13. The first kappa shape index (κ1) is 14.8. The lowest BCUT2D eigenvalue weighted by Gasteiger charge is -2.14. The first-order valence-corrected chi connectivity index (χ1v) is 6.64. The van der Waals surface area contributed by atoms with E-state index < -0.39 is 11.9 Å². The average Bonchev–Trinajstić information content (AvgIpc) is 2.42. The molecule has 104 valence electrons. The number of hydrogen-bond donors (Lipinski definition) is 0. The van der Waals surface area contributed by atoms with Crippen molar-refractivity contribution in [2.24, 2.45) is 0 Å². The normalized spacial score (nSPS) is 12.0. The van der Waals surface area contributed by atoms with Crippen LogP contribution in [0.15, 0.2) is 42.5 Å². The molecule has 2 aromatic carbocycles. The summed E-state index contributed by atoms with van der Waals surface area (Å²) in [5, 5.41) is 0.678. The van der Waals surface area contributed by atoms with Gasteiger partial charge in [0.05, 0.1) is 5.02 Å². The molecule has 0 aromatic heterocycles. The average molecular weight is 313 g/mol. The van der Waals surface area contributed by atoms with E-state index >= 15 is 0 Å². The van der Waals surface area contributed by atoms with E-state index in [0.717, 1.165) is 6.07 Å². The van der Waals surface area contributed by atoms with Gasteiger partial charge in [-0.15, -0.1) is 0 Å². The van der Waals surface area contributed by atoms with E-state index in [9.17, 15) is 9.18 Å².